The monoisotopic (exact) mass is 203 g/mol. The molecule has 0 fully saturated rings. The van der Waals surface area contributed by atoms with E-state index in [4.69, 9.17) is 10.8 Å². The minimum absolute atomic E-state index is 0.141. The van der Waals surface area contributed by atoms with Crippen LogP contribution < -0.4 is 5.73 Å². The van der Waals surface area contributed by atoms with Gasteiger partial charge in [-0.15, -0.1) is 0 Å². The van der Waals surface area contributed by atoms with Gasteiger partial charge in [0.05, 0.1) is 12.1 Å². The molecular weight excluding hydrogens is 192 g/mol. The van der Waals surface area contributed by atoms with Crippen LogP contribution in [0.15, 0.2) is 12.1 Å². The van der Waals surface area contributed by atoms with E-state index >= 15 is 0 Å². The number of aromatic hydroxyl groups is 1. The number of hydrogen-bond donors (Lipinski definition) is 3. The van der Waals surface area contributed by atoms with Crippen molar-refractivity contribution in [3.63, 3.8) is 0 Å². The molecule has 0 saturated carbocycles. The van der Waals surface area contributed by atoms with Crippen molar-refractivity contribution in [2.24, 2.45) is 5.73 Å². The molecule has 0 amide bonds. The van der Waals surface area contributed by atoms with Crippen molar-refractivity contribution in [1.29, 1.82) is 0 Å². The topological polar surface area (TPSA) is 66.5 Å². The number of hydrogen-bond acceptors (Lipinski definition) is 3. The Morgan fingerprint density at radius 3 is 2.43 bits per heavy atom. The zero-order chi connectivity index (χ0) is 10.9. The minimum Gasteiger partial charge on any atom is -0.505 e. The summed E-state index contributed by atoms with van der Waals surface area (Å²) in [5.74, 6) is -2.65. The molecule has 2 atom stereocenters. The Labute approximate surface area is 79.8 Å². The van der Waals surface area contributed by atoms with Gasteiger partial charge in [-0.3, -0.25) is 0 Å². The predicted octanol–water partition coefficient (Wildman–Crippen LogP) is 1.05. The largest absolute Gasteiger partial charge is 0.505 e. The highest BCUT2D eigenvalue weighted by atomic mass is 19.1. The summed E-state index contributed by atoms with van der Waals surface area (Å²) in [6, 6.07) is 0.434. The fourth-order valence-corrected chi connectivity index (χ4v) is 1.10. The lowest BCUT2D eigenvalue weighted by molar-refractivity contribution is 0.162. The van der Waals surface area contributed by atoms with Crippen LogP contribution in [0.25, 0.3) is 0 Å². The molecule has 1 aromatic carbocycles. The fraction of sp³-hybridized carbons (Fsp3) is 0.333. The maximum Gasteiger partial charge on any atom is 0.168 e. The molecular formula is C9H11F2NO2. The Kier molecular flexibility index (Phi) is 3.03. The molecule has 0 unspecified atom stereocenters. The number of aliphatic hydroxyl groups excluding tert-OH is 1. The van der Waals surface area contributed by atoms with Gasteiger partial charge in [-0.05, 0) is 13.0 Å². The summed E-state index contributed by atoms with van der Waals surface area (Å²) in [7, 11) is 0. The lowest BCUT2D eigenvalue weighted by Gasteiger charge is -2.16. The molecule has 0 aliphatic carbocycles. The third-order valence-corrected chi connectivity index (χ3v) is 1.94. The number of aliphatic hydroxyl groups is 1. The Morgan fingerprint density at radius 1 is 1.36 bits per heavy atom. The molecule has 0 saturated heterocycles. The molecule has 5 heteroatoms. The highest BCUT2D eigenvalue weighted by Crippen LogP contribution is 2.28. The highest BCUT2D eigenvalue weighted by molar-refractivity contribution is 5.37. The Balaban J connectivity index is 3.20. The van der Waals surface area contributed by atoms with Crippen LogP contribution in [0.5, 0.6) is 5.75 Å². The van der Waals surface area contributed by atoms with E-state index in [1.165, 1.54) is 6.92 Å². The smallest absolute Gasteiger partial charge is 0.168 e. The van der Waals surface area contributed by atoms with Crippen LogP contribution in [-0.2, 0) is 0 Å². The van der Waals surface area contributed by atoms with Crippen molar-refractivity contribution < 1.29 is 19.0 Å². The molecule has 14 heavy (non-hydrogen) atoms. The number of halogens is 2. The molecule has 4 N–H and O–H groups in total. The van der Waals surface area contributed by atoms with Crippen LogP contribution in [-0.4, -0.2) is 16.3 Å². The van der Waals surface area contributed by atoms with Gasteiger partial charge in [0.1, 0.15) is 5.82 Å². The number of phenolic OH excluding ortho intramolecular Hbond substituents is 1. The van der Waals surface area contributed by atoms with E-state index in [0.29, 0.717) is 6.07 Å². The summed E-state index contributed by atoms with van der Waals surface area (Å²) in [5, 5.41) is 18.3. The van der Waals surface area contributed by atoms with Crippen molar-refractivity contribution in [2.45, 2.75) is 19.1 Å². The Hall–Kier alpha value is -1.20. The van der Waals surface area contributed by atoms with Crippen LogP contribution in [0.4, 0.5) is 8.78 Å². The second-order valence-electron chi connectivity index (χ2n) is 3.09. The summed E-state index contributed by atoms with van der Waals surface area (Å²) in [6.07, 6.45) is -0.998. The molecule has 0 heterocycles. The van der Waals surface area contributed by atoms with Crippen molar-refractivity contribution in [2.75, 3.05) is 0 Å². The summed E-state index contributed by atoms with van der Waals surface area (Å²) in [4.78, 5) is 0. The van der Waals surface area contributed by atoms with E-state index in [2.05, 4.69) is 0 Å². The van der Waals surface area contributed by atoms with Gasteiger partial charge in [0.15, 0.2) is 11.6 Å². The first-order chi connectivity index (χ1) is 6.43. The molecule has 0 bridgehead atoms. The summed E-state index contributed by atoms with van der Waals surface area (Å²) in [6.45, 7) is 1.37. The molecule has 0 aliphatic heterocycles. The Morgan fingerprint density at radius 2 is 1.93 bits per heavy atom. The van der Waals surface area contributed by atoms with Crippen LogP contribution in [0.1, 0.15) is 18.5 Å². The standard InChI is InChI=1S/C9H11F2NO2/c1-4(13)8(12)6-2-5(10)3-7(11)9(6)14/h2-4,8,13-14H,12H2,1H3/t4-,8+/m1/s1. The van der Waals surface area contributed by atoms with Crippen molar-refractivity contribution in [3.05, 3.63) is 29.3 Å². The van der Waals surface area contributed by atoms with Gasteiger partial charge in [0.25, 0.3) is 0 Å². The molecule has 78 valence electrons. The van der Waals surface area contributed by atoms with E-state index in [9.17, 15) is 13.9 Å². The van der Waals surface area contributed by atoms with E-state index < -0.39 is 29.5 Å². The SMILES string of the molecule is C[C@@H](O)[C@H](N)c1cc(F)cc(F)c1O. The zero-order valence-corrected chi connectivity index (χ0v) is 7.54. The molecule has 1 aromatic rings. The molecule has 0 aromatic heterocycles. The molecule has 3 nitrogen and oxygen atoms in total. The van der Waals surface area contributed by atoms with E-state index in [1.54, 1.807) is 0 Å². The maximum absolute atomic E-state index is 12.8. The van der Waals surface area contributed by atoms with E-state index in [1.807, 2.05) is 0 Å². The lowest BCUT2D eigenvalue weighted by atomic mass is 10.0. The zero-order valence-electron chi connectivity index (χ0n) is 7.54. The average Bonchev–Trinajstić information content (AvgIpc) is 2.09. The molecule has 0 aliphatic rings. The fourth-order valence-electron chi connectivity index (χ4n) is 1.10. The first-order valence-electron chi connectivity index (χ1n) is 4.05. The summed E-state index contributed by atoms with van der Waals surface area (Å²) in [5.41, 5.74) is 5.29. The van der Waals surface area contributed by atoms with Crippen LogP contribution in [0.3, 0.4) is 0 Å². The van der Waals surface area contributed by atoms with E-state index in [-0.39, 0.29) is 5.56 Å². The summed E-state index contributed by atoms with van der Waals surface area (Å²) >= 11 is 0. The van der Waals surface area contributed by atoms with Gasteiger partial charge in [0.2, 0.25) is 0 Å². The number of rotatable bonds is 2. The average molecular weight is 203 g/mol. The second kappa shape index (κ2) is 3.89. The van der Waals surface area contributed by atoms with Gasteiger partial charge >= 0.3 is 0 Å². The van der Waals surface area contributed by atoms with Gasteiger partial charge in [-0.2, -0.15) is 0 Å². The highest BCUT2D eigenvalue weighted by Gasteiger charge is 2.19. The van der Waals surface area contributed by atoms with Crippen LogP contribution in [0, 0.1) is 11.6 Å². The second-order valence-corrected chi connectivity index (χ2v) is 3.09. The minimum atomic E-state index is -1.09. The third kappa shape index (κ3) is 2.00. The number of nitrogens with two attached hydrogens (primary N) is 1. The van der Waals surface area contributed by atoms with Crippen molar-refractivity contribution >= 4 is 0 Å². The lowest BCUT2D eigenvalue weighted by Crippen LogP contribution is -2.23. The number of phenols is 1. The maximum atomic E-state index is 12.8. The van der Waals surface area contributed by atoms with Crippen molar-refractivity contribution in [1.82, 2.24) is 0 Å². The first kappa shape index (κ1) is 10.9. The normalized spacial score (nSPS) is 15.2. The van der Waals surface area contributed by atoms with Crippen molar-refractivity contribution in [3.8, 4) is 5.75 Å². The van der Waals surface area contributed by atoms with Gasteiger partial charge in [-0.1, -0.05) is 0 Å². The van der Waals surface area contributed by atoms with Gasteiger partial charge < -0.3 is 15.9 Å². The predicted molar refractivity (Wildman–Crippen MR) is 46.6 cm³/mol. The van der Waals surface area contributed by atoms with E-state index in [0.717, 1.165) is 6.07 Å². The number of benzene rings is 1. The molecule has 1 rings (SSSR count). The molecule has 0 spiro atoms. The van der Waals surface area contributed by atoms with Gasteiger partial charge in [-0.25, -0.2) is 8.78 Å². The third-order valence-electron chi connectivity index (χ3n) is 1.94. The quantitative estimate of drug-likeness (QED) is 0.673. The van der Waals surface area contributed by atoms with Gasteiger partial charge in [0, 0.05) is 11.6 Å². The van der Waals surface area contributed by atoms with Crippen LogP contribution >= 0.6 is 0 Å². The summed E-state index contributed by atoms with van der Waals surface area (Å²) < 4.78 is 25.6. The van der Waals surface area contributed by atoms with Crippen LogP contribution in [0.2, 0.25) is 0 Å². The Bertz CT molecular complexity index is 342. The molecule has 0 radical (unpaired) electrons. The first-order valence-corrected chi connectivity index (χ1v) is 4.05.